The number of nitrogens with two attached hydrogens (primary N) is 1. The minimum atomic E-state index is -0.312. The van der Waals surface area contributed by atoms with Crippen LogP contribution in [-0.4, -0.2) is 15.8 Å². The second kappa shape index (κ2) is 4.79. The van der Waals surface area contributed by atoms with Gasteiger partial charge in [-0.2, -0.15) is 0 Å². The number of amidine groups is 1. The second-order valence-electron chi connectivity index (χ2n) is 3.64. The van der Waals surface area contributed by atoms with Gasteiger partial charge >= 0.3 is 0 Å². The fourth-order valence-corrected chi connectivity index (χ4v) is 1.38. The first-order valence-electron chi connectivity index (χ1n) is 5.17. The Bertz CT molecular complexity index is 600. The van der Waals surface area contributed by atoms with Gasteiger partial charge in [-0.25, -0.2) is 14.4 Å². The molecule has 2 aromatic rings. The molecule has 0 unspecified atom stereocenters. The number of aromatic nitrogens is 2. The van der Waals surface area contributed by atoms with Gasteiger partial charge < -0.3 is 10.5 Å². The van der Waals surface area contributed by atoms with E-state index in [0.717, 1.165) is 0 Å². The summed E-state index contributed by atoms with van der Waals surface area (Å²) in [7, 11) is 0. The van der Waals surface area contributed by atoms with Crippen LogP contribution in [0.3, 0.4) is 0 Å². The number of hydrogen-bond donors (Lipinski definition) is 2. The van der Waals surface area contributed by atoms with Gasteiger partial charge in [0, 0.05) is 12.4 Å². The number of hydrogen-bond acceptors (Lipinski definition) is 4. The fourth-order valence-electron chi connectivity index (χ4n) is 1.38. The molecule has 6 heteroatoms. The van der Waals surface area contributed by atoms with Crippen molar-refractivity contribution in [2.75, 3.05) is 0 Å². The highest BCUT2D eigenvalue weighted by atomic mass is 19.1. The quantitative estimate of drug-likeness (QED) is 0.640. The van der Waals surface area contributed by atoms with Crippen LogP contribution in [0, 0.1) is 18.2 Å². The Kier molecular flexibility index (Phi) is 3.18. The molecule has 18 heavy (non-hydrogen) atoms. The number of benzene rings is 1. The summed E-state index contributed by atoms with van der Waals surface area (Å²) in [5.74, 6) is -0.0156. The molecule has 0 amide bonds. The molecule has 0 saturated carbocycles. The van der Waals surface area contributed by atoms with E-state index in [1.54, 1.807) is 6.92 Å². The summed E-state index contributed by atoms with van der Waals surface area (Å²) in [4.78, 5) is 7.85. The van der Waals surface area contributed by atoms with Crippen LogP contribution >= 0.6 is 0 Å². The molecule has 0 fully saturated rings. The highest BCUT2D eigenvalue weighted by molar-refractivity contribution is 5.95. The molecule has 0 atom stereocenters. The van der Waals surface area contributed by atoms with Crippen molar-refractivity contribution < 1.29 is 9.13 Å². The number of rotatable bonds is 3. The average Bonchev–Trinajstić information content (AvgIpc) is 2.34. The molecule has 0 aliphatic carbocycles. The summed E-state index contributed by atoms with van der Waals surface area (Å²) in [6.45, 7) is 1.63. The summed E-state index contributed by atoms with van der Waals surface area (Å²) >= 11 is 0. The van der Waals surface area contributed by atoms with E-state index in [1.165, 1.54) is 30.6 Å². The summed E-state index contributed by atoms with van der Waals surface area (Å²) < 4.78 is 18.6. The van der Waals surface area contributed by atoms with E-state index in [0.29, 0.717) is 11.3 Å². The SMILES string of the molecule is Cc1cc(Oc2nccnc2C(=N)N)ccc1F. The monoisotopic (exact) mass is 246 g/mol. The van der Waals surface area contributed by atoms with Crippen molar-refractivity contribution in [2.24, 2.45) is 5.73 Å². The molecular formula is C12H11FN4O. The van der Waals surface area contributed by atoms with E-state index in [-0.39, 0.29) is 23.2 Å². The number of halogens is 1. The lowest BCUT2D eigenvalue weighted by molar-refractivity contribution is 0.456. The summed E-state index contributed by atoms with van der Waals surface area (Å²) in [6, 6.07) is 4.31. The highest BCUT2D eigenvalue weighted by Gasteiger charge is 2.10. The Balaban J connectivity index is 2.34. The number of nitrogens with zero attached hydrogens (tertiary/aromatic N) is 2. The molecule has 1 aromatic heterocycles. The van der Waals surface area contributed by atoms with Gasteiger partial charge in [-0.15, -0.1) is 0 Å². The Morgan fingerprint density at radius 3 is 2.72 bits per heavy atom. The standard InChI is InChI=1S/C12H11FN4O/c1-7-6-8(2-3-9(7)13)18-12-10(11(14)15)16-4-5-17-12/h2-6H,1H3,(H3,14,15). The van der Waals surface area contributed by atoms with Crippen molar-refractivity contribution in [1.29, 1.82) is 5.41 Å². The normalized spacial score (nSPS) is 10.1. The van der Waals surface area contributed by atoms with Crippen molar-refractivity contribution in [2.45, 2.75) is 6.92 Å². The van der Waals surface area contributed by atoms with Crippen molar-refractivity contribution in [3.8, 4) is 11.6 Å². The van der Waals surface area contributed by atoms with Gasteiger partial charge in [-0.05, 0) is 30.7 Å². The van der Waals surface area contributed by atoms with Gasteiger partial charge in [0.25, 0.3) is 0 Å². The lowest BCUT2D eigenvalue weighted by Crippen LogP contribution is -2.15. The van der Waals surface area contributed by atoms with E-state index in [1.807, 2.05) is 0 Å². The summed E-state index contributed by atoms with van der Waals surface area (Å²) in [6.07, 6.45) is 2.84. The molecule has 3 N–H and O–H groups in total. The largest absolute Gasteiger partial charge is 0.437 e. The van der Waals surface area contributed by atoms with E-state index < -0.39 is 0 Å². The first-order chi connectivity index (χ1) is 8.58. The third kappa shape index (κ3) is 2.42. The van der Waals surface area contributed by atoms with E-state index in [2.05, 4.69) is 9.97 Å². The van der Waals surface area contributed by atoms with E-state index >= 15 is 0 Å². The molecule has 2 rings (SSSR count). The highest BCUT2D eigenvalue weighted by Crippen LogP contribution is 2.23. The zero-order valence-electron chi connectivity index (χ0n) is 9.64. The van der Waals surface area contributed by atoms with Crippen LogP contribution in [0.2, 0.25) is 0 Å². The molecule has 5 nitrogen and oxygen atoms in total. The number of nitrogen functional groups attached to an aromatic ring is 1. The van der Waals surface area contributed by atoms with E-state index in [4.69, 9.17) is 15.9 Å². The molecule has 1 aromatic carbocycles. The average molecular weight is 246 g/mol. The zero-order valence-corrected chi connectivity index (χ0v) is 9.64. The van der Waals surface area contributed by atoms with Gasteiger partial charge in [0.05, 0.1) is 0 Å². The molecular weight excluding hydrogens is 235 g/mol. The topological polar surface area (TPSA) is 84.9 Å². The molecule has 0 saturated heterocycles. The van der Waals surface area contributed by atoms with Gasteiger partial charge in [0.2, 0.25) is 5.88 Å². The van der Waals surface area contributed by atoms with Crippen molar-refractivity contribution in [1.82, 2.24) is 9.97 Å². The molecule has 92 valence electrons. The van der Waals surface area contributed by atoms with Gasteiger partial charge in [-0.3, -0.25) is 5.41 Å². The zero-order chi connectivity index (χ0) is 13.1. The Morgan fingerprint density at radius 2 is 2.06 bits per heavy atom. The lowest BCUT2D eigenvalue weighted by atomic mass is 10.2. The molecule has 0 aliphatic heterocycles. The van der Waals surface area contributed by atoms with Crippen LogP contribution in [0.25, 0.3) is 0 Å². The van der Waals surface area contributed by atoms with Crippen LogP contribution < -0.4 is 10.5 Å². The minimum Gasteiger partial charge on any atom is -0.437 e. The van der Waals surface area contributed by atoms with Crippen LogP contribution in [0.5, 0.6) is 11.6 Å². The third-order valence-corrected chi connectivity index (χ3v) is 2.26. The van der Waals surface area contributed by atoms with Gasteiger partial charge in [0.15, 0.2) is 5.69 Å². The smallest absolute Gasteiger partial charge is 0.249 e. The number of aryl methyl sites for hydroxylation is 1. The molecule has 0 radical (unpaired) electrons. The van der Waals surface area contributed by atoms with Gasteiger partial charge in [0.1, 0.15) is 17.4 Å². The summed E-state index contributed by atoms with van der Waals surface area (Å²) in [5, 5.41) is 7.35. The number of ether oxygens (including phenoxy) is 1. The second-order valence-corrected chi connectivity index (χ2v) is 3.64. The van der Waals surface area contributed by atoms with E-state index in [9.17, 15) is 4.39 Å². The Labute approximate surface area is 103 Å². The van der Waals surface area contributed by atoms with Gasteiger partial charge in [-0.1, -0.05) is 0 Å². The lowest BCUT2D eigenvalue weighted by Gasteiger charge is -2.08. The van der Waals surface area contributed by atoms with Crippen LogP contribution in [0.1, 0.15) is 11.3 Å². The van der Waals surface area contributed by atoms with Crippen molar-refractivity contribution in [3.63, 3.8) is 0 Å². The van der Waals surface area contributed by atoms with Crippen LogP contribution in [-0.2, 0) is 0 Å². The van der Waals surface area contributed by atoms with Crippen molar-refractivity contribution >= 4 is 5.84 Å². The first kappa shape index (κ1) is 12.0. The Morgan fingerprint density at radius 1 is 1.33 bits per heavy atom. The maximum Gasteiger partial charge on any atom is 0.249 e. The van der Waals surface area contributed by atoms with Crippen LogP contribution in [0.15, 0.2) is 30.6 Å². The Hall–Kier alpha value is -2.50. The fraction of sp³-hybridized carbons (Fsp3) is 0.0833. The van der Waals surface area contributed by atoms with Crippen LogP contribution in [0.4, 0.5) is 4.39 Å². The number of nitrogens with one attached hydrogen (secondary N) is 1. The maximum absolute atomic E-state index is 13.1. The molecule has 0 bridgehead atoms. The first-order valence-corrected chi connectivity index (χ1v) is 5.17. The predicted octanol–water partition coefficient (Wildman–Crippen LogP) is 2.00. The predicted molar refractivity (Wildman–Crippen MR) is 64.3 cm³/mol. The molecule has 1 heterocycles. The molecule has 0 aliphatic rings. The third-order valence-electron chi connectivity index (χ3n) is 2.26. The summed E-state index contributed by atoms with van der Waals surface area (Å²) in [5.41, 5.74) is 5.97. The molecule has 0 spiro atoms. The minimum absolute atomic E-state index is 0.121. The van der Waals surface area contributed by atoms with Crippen molar-refractivity contribution in [3.05, 3.63) is 47.7 Å². The maximum atomic E-state index is 13.1.